The number of hydrogen-bond donors (Lipinski definition) is 1. The molecule has 2 rings (SSSR count). The van der Waals surface area contributed by atoms with Crippen LogP contribution in [0, 0.1) is 0 Å². The highest BCUT2D eigenvalue weighted by atomic mass is 19.3. The molecule has 0 aliphatic heterocycles. The van der Waals surface area contributed by atoms with E-state index in [9.17, 15) is 8.78 Å². The molecule has 1 heterocycles. The van der Waals surface area contributed by atoms with E-state index in [1.165, 1.54) is 0 Å². The number of hydrogen-bond acceptors (Lipinski definition) is 4. The fraction of sp³-hybridized carbons (Fsp3) is 0.818. The van der Waals surface area contributed by atoms with Gasteiger partial charge in [0, 0.05) is 24.8 Å². The summed E-state index contributed by atoms with van der Waals surface area (Å²) in [6.07, 6.45) is 0.165. The zero-order chi connectivity index (χ0) is 12.5. The van der Waals surface area contributed by atoms with Crippen molar-refractivity contribution in [3.8, 4) is 0 Å². The van der Waals surface area contributed by atoms with Gasteiger partial charge in [-0.1, -0.05) is 19.0 Å². The zero-order valence-corrected chi connectivity index (χ0v) is 10.0. The van der Waals surface area contributed by atoms with Crippen LogP contribution in [0.4, 0.5) is 8.78 Å². The van der Waals surface area contributed by atoms with Crippen molar-refractivity contribution in [2.24, 2.45) is 0 Å². The Labute approximate surface area is 98.8 Å². The first-order valence-corrected chi connectivity index (χ1v) is 5.90. The molecular weight excluding hydrogens is 228 g/mol. The molecule has 0 aromatic carbocycles. The summed E-state index contributed by atoms with van der Waals surface area (Å²) in [6, 6.07) is 0.327. The molecule has 0 amide bonds. The molecule has 1 aliphatic carbocycles. The van der Waals surface area contributed by atoms with E-state index in [0.717, 1.165) is 0 Å². The van der Waals surface area contributed by atoms with E-state index in [1.807, 2.05) is 13.8 Å². The Bertz CT molecular complexity index is 379. The summed E-state index contributed by atoms with van der Waals surface area (Å²) in [5.41, 5.74) is 0. The number of rotatable bonds is 4. The molecule has 0 saturated heterocycles. The minimum absolute atomic E-state index is 0.0837. The number of halogens is 2. The van der Waals surface area contributed by atoms with Gasteiger partial charge < -0.3 is 9.84 Å². The lowest BCUT2D eigenvalue weighted by Crippen LogP contribution is -2.22. The van der Waals surface area contributed by atoms with Crippen LogP contribution in [-0.2, 0) is 6.54 Å². The standard InChI is InChI=1S/C11H17F2N3O/c1-7(2)14-6-9-15-10(17-16-9)8-3-4-11(12,13)5-8/h7-8,14H,3-6H2,1-2H3. The highest BCUT2D eigenvalue weighted by molar-refractivity contribution is 5.00. The third-order valence-corrected chi connectivity index (χ3v) is 2.91. The van der Waals surface area contributed by atoms with Gasteiger partial charge in [0.2, 0.25) is 11.8 Å². The van der Waals surface area contributed by atoms with Crippen LogP contribution >= 0.6 is 0 Å². The predicted octanol–water partition coefficient (Wildman–Crippen LogP) is 2.47. The Kier molecular flexibility index (Phi) is 3.42. The summed E-state index contributed by atoms with van der Waals surface area (Å²) in [5.74, 6) is -1.98. The SMILES string of the molecule is CC(C)NCc1noc(C2CCC(F)(F)C2)n1. The first kappa shape index (κ1) is 12.4. The maximum absolute atomic E-state index is 13.0. The second-order valence-corrected chi connectivity index (χ2v) is 4.88. The molecule has 1 aromatic heterocycles. The first-order chi connectivity index (χ1) is 7.96. The normalized spacial score (nSPS) is 23.5. The minimum atomic E-state index is -2.57. The predicted molar refractivity (Wildman–Crippen MR) is 57.8 cm³/mol. The molecule has 96 valence electrons. The molecule has 1 N–H and O–H groups in total. The Balaban J connectivity index is 1.94. The summed E-state index contributed by atoms with van der Waals surface area (Å²) in [7, 11) is 0. The quantitative estimate of drug-likeness (QED) is 0.885. The number of nitrogens with zero attached hydrogens (tertiary/aromatic N) is 2. The molecule has 0 bridgehead atoms. The Morgan fingerprint density at radius 1 is 1.53 bits per heavy atom. The third kappa shape index (κ3) is 3.21. The van der Waals surface area contributed by atoms with Gasteiger partial charge in [-0.05, 0) is 6.42 Å². The van der Waals surface area contributed by atoms with E-state index < -0.39 is 5.92 Å². The Hall–Kier alpha value is -1.04. The van der Waals surface area contributed by atoms with Crippen molar-refractivity contribution in [2.45, 2.75) is 57.5 Å². The van der Waals surface area contributed by atoms with Crippen LogP contribution in [0.1, 0.15) is 50.7 Å². The number of alkyl halides is 2. The van der Waals surface area contributed by atoms with Gasteiger partial charge >= 0.3 is 0 Å². The Morgan fingerprint density at radius 3 is 2.88 bits per heavy atom. The Morgan fingerprint density at radius 2 is 2.29 bits per heavy atom. The van der Waals surface area contributed by atoms with E-state index in [1.54, 1.807) is 0 Å². The average molecular weight is 245 g/mol. The molecule has 0 spiro atoms. The summed E-state index contributed by atoms with van der Waals surface area (Å²) in [5, 5.41) is 6.94. The van der Waals surface area contributed by atoms with Crippen molar-refractivity contribution in [2.75, 3.05) is 0 Å². The fourth-order valence-corrected chi connectivity index (χ4v) is 1.96. The fourth-order valence-electron chi connectivity index (χ4n) is 1.96. The van der Waals surface area contributed by atoms with Crippen LogP contribution in [0.5, 0.6) is 0 Å². The average Bonchev–Trinajstić information content (AvgIpc) is 2.81. The van der Waals surface area contributed by atoms with Gasteiger partial charge in [-0.15, -0.1) is 0 Å². The largest absolute Gasteiger partial charge is 0.339 e. The van der Waals surface area contributed by atoms with E-state index in [-0.39, 0.29) is 18.8 Å². The molecule has 1 atom stereocenters. The lowest BCUT2D eigenvalue weighted by Gasteiger charge is -2.06. The second-order valence-electron chi connectivity index (χ2n) is 4.88. The molecule has 6 heteroatoms. The highest BCUT2D eigenvalue weighted by Gasteiger charge is 2.42. The van der Waals surface area contributed by atoms with Crippen molar-refractivity contribution >= 4 is 0 Å². The van der Waals surface area contributed by atoms with Crippen LogP contribution in [0.15, 0.2) is 4.52 Å². The van der Waals surface area contributed by atoms with Crippen LogP contribution in [0.25, 0.3) is 0 Å². The third-order valence-electron chi connectivity index (χ3n) is 2.91. The maximum atomic E-state index is 13.0. The molecule has 1 aromatic rings. The number of aromatic nitrogens is 2. The van der Waals surface area contributed by atoms with Crippen LogP contribution in [0.2, 0.25) is 0 Å². The molecule has 1 saturated carbocycles. The van der Waals surface area contributed by atoms with Crippen LogP contribution < -0.4 is 5.32 Å². The van der Waals surface area contributed by atoms with Gasteiger partial charge in [-0.2, -0.15) is 4.98 Å². The molecular formula is C11H17F2N3O. The zero-order valence-electron chi connectivity index (χ0n) is 10.0. The maximum Gasteiger partial charge on any atom is 0.248 e. The van der Waals surface area contributed by atoms with Crippen LogP contribution in [0.3, 0.4) is 0 Å². The monoisotopic (exact) mass is 245 g/mol. The molecule has 1 aliphatic rings. The smallest absolute Gasteiger partial charge is 0.248 e. The van der Waals surface area contributed by atoms with Gasteiger partial charge in [-0.25, -0.2) is 8.78 Å². The molecule has 0 radical (unpaired) electrons. The van der Waals surface area contributed by atoms with Crippen molar-refractivity contribution in [1.82, 2.24) is 15.5 Å². The van der Waals surface area contributed by atoms with E-state index >= 15 is 0 Å². The van der Waals surface area contributed by atoms with Crippen molar-refractivity contribution < 1.29 is 13.3 Å². The summed E-state index contributed by atoms with van der Waals surface area (Å²) in [4.78, 5) is 4.16. The van der Waals surface area contributed by atoms with Crippen molar-refractivity contribution in [3.63, 3.8) is 0 Å². The summed E-state index contributed by atoms with van der Waals surface area (Å²) >= 11 is 0. The van der Waals surface area contributed by atoms with Crippen molar-refractivity contribution in [1.29, 1.82) is 0 Å². The van der Waals surface area contributed by atoms with Gasteiger partial charge in [0.15, 0.2) is 5.82 Å². The highest BCUT2D eigenvalue weighted by Crippen LogP contribution is 2.43. The first-order valence-electron chi connectivity index (χ1n) is 5.90. The molecule has 1 unspecified atom stereocenters. The summed E-state index contributed by atoms with van der Waals surface area (Å²) in [6.45, 7) is 4.53. The lowest BCUT2D eigenvalue weighted by atomic mass is 10.1. The van der Waals surface area contributed by atoms with E-state index in [4.69, 9.17) is 4.52 Å². The van der Waals surface area contributed by atoms with Crippen LogP contribution in [-0.4, -0.2) is 22.1 Å². The van der Waals surface area contributed by atoms with Gasteiger partial charge in [0.05, 0.1) is 6.54 Å². The second kappa shape index (κ2) is 4.68. The van der Waals surface area contributed by atoms with Gasteiger partial charge in [0.1, 0.15) is 0 Å². The van der Waals surface area contributed by atoms with E-state index in [2.05, 4.69) is 15.5 Å². The van der Waals surface area contributed by atoms with Gasteiger partial charge in [0.25, 0.3) is 0 Å². The molecule has 17 heavy (non-hydrogen) atoms. The molecule has 1 fully saturated rings. The van der Waals surface area contributed by atoms with E-state index in [0.29, 0.717) is 30.7 Å². The molecule has 4 nitrogen and oxygen atoms in total. The van der Waals surface area contributed by atoms with Gasteiger partial charge in [-0.3, -0.25) is 0 Å². The summed E-state index contributed by atoms with van der Waals surface area (Å²) < 4.78 is 31.1. The number of nitrogens with one attached hydrogen (secondary N) is 1. The minimum Gasteiger partial charge on any atom is -0.339 e. The topological polar surface area (TPSA) is 51.0 Å². The van der Waals surface area contributed by atoms with Crippen molar-refractivity contribution in [3.05, 3.63) is 11.7 Å². The lowest BCUT2D eigenvalue weighted by molar-refractivity contribution is 0.00690.